The SMILES string of the molecule is CCNc1cc(C)nc(Cn2cnc(I)c2I)n1. The van der Waals surface area contributed by atoms with Crippen molar-refractivity contribution in [2.24, 2.45) is 0 Å². The van der Waals surface area contributed by atoms with Gasteiger partial charge in [-0.25, -0.2) is 15.0 Å². The van der Waals surface area contributed by atoms with E-state index in [0.29, 0.717) is 6.54 Å². The molecule has 7 heteroatoms. The minimum absolute atomic E-state index is 0.647. The van der Waals surface area contributed by atoms with Gasteiger partial charge in [-0.3, -0.25) is 0 Å². The van der Waals surface area contributed by atoms with E-state index in [1.165, 1.54) is 0 Å². The summed E-state index contributed by atoms with van der Waals surface area (Å²) < 4.78 is 4.17. The summed E-state index contributed by atoms with van der Waals surface area (Å²) in [5, 5.41) is 3.21. The second-order valence-electron chi connectivity index (χ2n) is 3.80. The molecule has 2 rings (SSSR count). The first-order valence-corrected chi connectivity index (χ1v) is 7.70. The summed E-state index contributed by atoms with van der Waals surface area (Å²) in [4.78, 5) is 13.2. The maximum Gasteiger partial charge on any atom is 0.150 e. The molecule has 2 aromatic heterocycles. The van der Waals surface area contributed by atoms with Gasteiger partial charge in [0.1, 0.15) is 13.2 Å². The number of nitrogens with zero attached hydrogens (tertiary/aromatic N) is 4. The molecule has 2 heterocycles. The van der Waals surface area contributed by atoms with Crippen LogP contribution in [0.2, 0.25) is 0 Å². The highest BCUT2D eigenvalue weighted by atomic mass is 127. The third-order valence-electron chi connectivity index (χ3n) is 2.30. The standard InChI is InChI=1S/C11H13I2N5/c1-3-14-8-4-7(2)16-9(17-8)5-18-6-15-10(12)11(18)13/h4,6H,3,5H2,1-2H3,(H,14,16,17). The van der Waals surface area contributed by atoms with Gasteiger partial charge in [0.25, 0.3) is 0 Å². The van der Waals surface area contributed by atoms with Gasteiger partial charge in [0.15, 0.2) is 5.82 Å². The summed E-state index contributed by atoms with van der Waals surface area (Å²) in [6, 6.07) is 1.95. The number of hydrogen-bond donors (Lipinski definition) is 1. The third-order valence-corrected chi connectivity index (χ3v) is 5.26. The molecule has 0 radical (unpaired) electrons. The van der Waals surface area contributed by atoms with Crippen molar-refractivity contribution in [3.63, 3.8) is 0 Å². The van der Waals surface area contributed by atoms with Gasteiger partial charge in [-0.05, 0) is 59.0 Å². The van der Waals surface area contributed by atoms with Crippen molar-refractivity contribution in [3.05, 3.63) is 31.3 Å². The monoisotopic (exact) mass is 469 g/mol. The molecule has 96 valence electrons. The number of anilines is 1. The Morgan fingerprint density at radius 1 is 1.33 bits per heavy atom. The zero-order valence-corrected chi connectivity index (χ0v) is 14.4. The topological polar surface area (TPSA) is 55.6 Å². The lowest BCUT2D eigenvalue weighted by atomic mass is 10.4. The summed E-state index contributed by atoms with van der Waals surface area (Å²) in [6.07, 6.45) is 1.82. The number of aromatic nitrogens is 4. The average Bonchev–Trinajstić information content (AvgIpc) is 2.61. The van der Waals surface area contributed by atoms with Gasteiger partial charge in [0.2, 0.25) is 0 Å². The molecule has 0 unspecified atom stereocenters. The van der Waals surface area contributed by atoms with E-state index in [2.05, 4.69) is 72.4 Å². The Morgan fingerprint density at radius 2 is 2.11 bits per heavy atom. The minimum atomic E-state index is 0.647. The molecule has 0 aromatic carbocycles. The van der Waals surface area contributed by atoms with Crippen LogP contribution in [-0.2, 0) is 6.54 Å². The number of aryl methyl sites for hydroxylation is 1. The van der Waals surface area contributed by atoms with Gasteiger partial charge in [0, 0.05) is 18.3 Å². The van der Waals surface area contributed by atoms with Gasteiger partial charge in [-0.2, -0.15) is 0 Å². The predicted molar refractivity (Wildman–Crippen MR) is 87.7 cm³/mol. The first-order valence-electron chi connectivity index (χ1n) is 5.54. The highest BCUT2D eigenvalue weighted by Crippen LogP contribution is 2.14. The normalized spacial score (nSPS) is 10.7. The van der Waals surface area contributed by atoms with E-state index in [-0.39, 0.29) is 0 Å². The molecule has 0 aliphatic rings. The maximum atomic E-state index is 4.49. The Hall–Kier alpha value is -0.450. The van der Waals surface area contributed by atoms with Gasteiger partial charge < -0.3 is 9.88 Å². The van der Waals surface area contributed by atoms with Gasteiger partial charge in [-0.1, -0.05) is 0 Å². The van der Waals surface area contributed by atoms with Crippen molar-refractivity contribution in [1.29, 1.82) is 0 Å². The third kappa shape index (κ3) is 3.31. The fourth-order valence-corrected chi connectivity index (χ4v) is 2.45. The van der Waals surface area contributed by atoms with E-state index in [0.717, 1.165) is 31.3 Å². The fourth-order valence-electron chi connectivity index (χ4n) is 1.58. The molecule has 18 heavy (non-hydrogen) atoms. The van der Waals surface area contributed by atoms with Gasteiger partial charge >= 0.3 is 0 Å². The Bertz CT molecular complexity index is 552. The highest BCUT2D eigenvalue weighted by Gasteiger charge is 2.08. The number of imidazole rings is 1. The van der Waals surface area contributed by atoms with Gasteiger partial charge in [0.05, 0.1) is 12.9 Å². The number of halogens is 2. The van der Waals surface area contributed by atoms with Gasteiger partial charge in [-0.15, -0.1) is 0 Å². The van der Waals surface area contributed by atoms with E-state index in [1.54, 1.807) is 0 Å². The van der Waals surface area contributed by atoms with Crippen molar-refractivity contribution in [2.75, 3.05) is 11.9 Å². The Balaban J connectivity index is 2.26. The van der Waals surface area contributed by atoms with Crippen LogP contribution in [-0.4, -0.2) is 26.1 Å². The Kier molecular flexibility index (Phi) is 4.76. The lowest BCUT2D eigenvalue weighted by molar-refractivity contribution is 0.724. The molecule has 0 bridgehead atoms. The van der Waals surface area contributed by atoms with Crippen LogP contribution in [0.25, 0.3) is 0 Å². The molecular weight excluding hydrogens is 456 g/mol. The van der Waals surface area contributed by atoms with Crippen LogP contribution in [0.5, 0.6) is 0 Å². The number of rotatable bonds is 4. The van der Waals surface area contributed by atoms with Crippen molar-refractivity contribution >= 4 is 51.0 Å². The smallest absolute Gasteiger partial charge is 0.150 e. The second kappa shape index (κ2) is 6.13. The van der Waals surface area contributed by atoms with Crippen LogP contribution in [0.4, 0.5) is 5.82 Å². The summed E-state index contributed by atoms with van der Waals surface area (Å²) in [5.41, 5.74) is 0.973. The fraction of sp³-hybridized carbons (Fsp3) is 0.364. The average molecular weight is 469 g/mol. The van der Waals surface area contributed by atoms with Crippen LogP contribution < -0.4 is 5.32 Å². The lowest BCUT2D eigenvalue weighted by Gasteiger charge is -2.08. The van der Waals surface area contributed by atoms with Crippen LogP contribution in [0, 0.1) is 14.3 Å². The summed E-state index contributed by atoms with van der Waals surface area (Å²) in [6.45, 7) is 5.54. The number of nitrogens with one attached hydrogen (secondary N) is 1. The highest BCUT2D eigenvalue weighted by molar-refractivity contribution is 14.1. The summed E-state index contributed by atoms with van der Waals surface area (Å²) >= 11 is 4.50. The van der Waals surface area contributed by atoms with E-state index < -0.39 is 0 Å². The Labute approximate surface area is 133 Å². The molecule has 0 fully saturated rings. The minimum Gasteiger partial charge on any atom is -0.370 e. The van der Waals surface area contributed by atoms with E-state index in [1.807, 2.05) is 23.9 Å². The van der Waals surface area contributed by atoms with E-state index in [9.17, 15) is 0 Å². The summed E-state index contributed by atoms with van der Waals surface area (Å²) in [5.74, 6) is 1.68. The van der Waals surface area contributed by atoms with Crippen LogP contribution in [0.15, 0.2) is 12.4 Å². The van der Waals surface area contributed by atoms with Crippen LogP contribution in [0.3, 0.4) is 0 Å². The largest absolute Gasteiger partial charge is 0.370 e. The molecular formula is C11H13I2N5. The zero-order valence-electron chi connectivity index (χ0n) is 10.1. The van der Waals surface area contributed by atoms with Crippen LogP contribution in [0.1, 0.15) is 18.4 Å². The van der Waals surface area contributed by atoms with Crippen molar-refractivity contribution in [2.45, 2.75) is 20.4 Å². The van der Waals surface area contributed by atoms with Crippen molar-refractivity contribution in [1.82, 2.24) is 19.5 Å². The van der Waals surface area contributed by atoms with E-state index >= 15 is 0 Å². The van der Waals surface area contributed by atoms with Crippen LogP contribution >= 0.6 is 45.2 Å². The molecule has 0 saturated heterocycles. The zero-order chi connectivity index (χ0) is 13.1. The van der Waals surface area contributed by atoms with Crippen molar-refractivity contribution < 1.29 is 0 Å². The molecule has 0 saturated carbocycles. The van der Waals surface area contributed by atoms with Crippen molar-refractivity contribution in [3.8, 4) is 0 Å². The maximum absolute atomic E-state index is 4.49. The molecule has 1 N–H and O–H groups in total. The number of hydrogen-bond acceptors (Lipinski definition) is 4. The van der Waals surface area contributed by atoms with E-state index in [4.69, 9.17) is 0 Å². The quantitative estimate of drug-likeness (QED) is 0.701. The molecule has 0 spiro atoms. The first-order chi connectivity index (χ1) is 8.60. The molecule has 0 aliphatic carbocycles. The first kappa shape index (κ1) is 14.0. The molecule has 0 amide bonds. The Morgan fingerprint density at radius 3 is 2.72 bits per heavy atom. The lowest BCUT2D eigenvalue weighted by Crippen LogP contribution is -2.09. The summed E-state index contributed by atoms with van der Waals surface area (Å²) in [7, 11) is 0. The molecule has 2 aromatic rings. The molecule has 0 atom stereocenters. The predicted octanol–water partition coefficient (Wildman–Crippen LogP) is 2.67. The second-order valence-corrected chi connectivity index (χ2v) is 5.84. The molecule has 0 aliphatic heterocycles. The molecule has 5 nitrogen and oxygen atoms in total.